The highest BCUT2D eigenvalue weighted by Gasteiger charge is 2.24. The number of likely N-dealkylation sites (tertiary alicyclic amines) is 1. The fourth-order valence-electron chi connectivity index (χ4n) is 2.71. The lowest BCUT2D eigenvalue weighted by Crippen LogP contribution is -2.37. The molecule has 0 aliphatic carbocycles. The number of carbonyl (C=O) groups is 1. The summed E-state index contributed by atoms with van der Waals surface area (Å²) in [7, 11) is 0. The number of amides is 1. The van der Waals surface area contributed by atoms with Crippen molar-refractivity contribution >= 4 is 11.6 Å². The molecule has 0 unspecified atom stereocenters. The van der Waals surface area contributed by atoms with E-state index in [-0.39, 0.29) is 29.5 Å². The number of pyridine rings is 1. The maximum Gasteiger partial charge on any atom is 0.316 e. The highest BCUT2D eigenvalue weighted by molar-refractivity contribution is 5.76. The Morgan fingerprint density at radius 3 is 2.67 bits per heavy atom. The predicted octanol–water partition coefficient (Wildman–Crippen LogP) is 2.00. The van der Waals surface area contributed by atoms with Crippen LogP contribution in [0.25, 0.3) is 11.4 Å². The van der Waals surface area contributed by atoms with Crippen LogP contribution in [0, 0.1) is 15.9 Å². The van der Waals surface area contributed by atoms with Crippen LogP contribution in [0.5, 0.6) is 0 Å². The molecule has 1 fully saturated rings. The molecule has 8 nitrogen and oxygen atoms in total. The van der Waals surface area contributed by atoms with Gasteiger partial charge in [0.2, 0.25) is 5.91 Å². The van der Waals surface area contributed by atoms with Crippen LogP contribution < -0.4 is 0 Å². The Kier molecular flexibility index (Phi) is 4.50. The Bertz CT molecular complexity index is 753. The minimum atomic E-state index is -0.588. The average Bonchev–Trinajstić information content (AvgIpc) is 3.00. The fraction of sp³-hybridized carbons (Fsp3) is 0.400. The molecule has 2 aromatic rings. The average molecular weight is 333 g/mol. The van der Waals surface area contributed by atoms with Crippen LogP contribution in [-0.2, 0) is 11.3 Å². The summed E-state index contributed by atoms with van der Waals surface area (Å²) in [6, 6.07) is 2.48. The van der Waals surface area contributed by atoms with E-state index in [1.165, 1.54) is 16.9 Å². The van der Waals surface area contributed by atoms with E-state index in [1.54, 1.807) is 4.90 Å². The van der Waals surface area contributed by atoms with Crippen molar-refractivity contribution in [3.05, 3.63) is 40.5 Å². The van der Waals surface area contributed by atoms with Gasteiger partial charge in [-0.15, -0.1) is 0 Å². The molecule has 0 bridgehead atoms. The highest BCUT2D eigenvalue weighted by Crippen LogP contribution is 2.26. The Morgan fingerprint density at radius 2 is 2.04 bits per heavy atom. The summed E-state index contributed by atoms with van der Waals surface area (Å²) in [5.41, 5.74) is -0.0562. The summed E-state index contributed by atoms with van der Waals surface area (Å²) < 4.78 is 14.2. The molecule has 1 aliphatic rings. The van der Waals surface area contributed by atoms with Gasteiger partial charge in [0.25, 0.3) is 0 Å². The molecular weight excluding hydrogens is 317 g/mol. The van der Waals surface area contributed by atoms with Crippen molar-refractivity contribution in [2.45, 2.75) is 25.8 Å². The van der Waals surface area contributed by atoms with Crippen LogP contribution in [0.3, 0.4) is 0 Å². The Labute approximate surface area is 137 Å². The monoisotopic (exact) mass is 333 g/mol. The smallest absolute Gasteiger partial charge is 0.316 e. The first-order chi connectivity index (χ1) is 11.5. The van der Waals surface area contributed by atoms with Crippen molar-refractivity contribution in [2.75, 3.05) is 13.1 Å². The minimum Gasteiger partial charge on any atom is -0.341 e. The van der Waals surface area contributed by atoms with Crippen molar-refractivity contribution < 1.29 is 14.1 Å². The first-order valence-corrected chi connectivity index (χ1v) is 7.66. The van der Waals surface area contributed by atoms with Crippen LogP contribution in [0.15, 0.2) is 24.5 Å². The lowest BCUT2D eigenvalue weighted by atomic mass is 10.1. The molecule has 1 saturated heterocycles. The van der Waals surface area contributed by atoms with Gasteiger partial charge in [-0.25, -0.2) is 4.39 Å². The first-order valence-electron chi connectivity index (χ1n) is 7.66. The fourth-order valence-corrected chi connectivity index (χ4v) is 2.71. The Hall–Kier alpha value is -2.84. The van der Waals surface area contributed by atoms with Crippen LogP contribution in [-0.4, -0.2) is 43.6 Å². The van der Waals surface area contributed by atoms with E-state index in [4.69, 9.17) is 0 Å². The number of nitro groups is 1. The SMILES string of the molecule is O=C(Cn1cc([N+](=O)[O-])c(-c2ccc(F)cn2)n1)N1CCCCC1. The van der Waals surface area contributed by atoms with Crippen molar-refractivity contribution in [1.29, 1.82) is 0 Å². The van der Waals surface area contributed by atoms with Gasteiger partial charge in [-0.3, -0.25) is 24.6 Å². The normalized spacial score (nSPS) is 14.6. The summed E-state index contributed by atoms with van der Waals surface area (Å²) in [5.74, 6) is -0.660. The van der Waals surface area contributed by atoms with Crippen molar-refractivity contribution in [2.24, 2.45) is 0 Å². The number of hydrogen-bond donors (Lipinski definition) is 0. The molecule has 126 valence electrons. The van der Waals surface area contributed by atoms with E-state index in [2.05, 4.69) is 10.1 Å². The second kappa shape index (κ2) is 6.73. The van der Waals surface area contributed by atoms with E-state index in [0.29, 0.717) is 13.1 Å². The van der Waals surface area contributed by atoms with Crippen molar-refractivity contribution in [3.63, 3.8) is 0 Å². The van der Waals surface area contributed by atoms with Gasteiger partial charge in [0.05, 0.1) is 16.8 Å². The standard InChI is InChI=1S/C15H16FN5O3/c16-11-4-5-12(17-8-11)15-13(21(23)24)9-20(18-15)10-14(22)19-6-2-1-3-7-19/h4-5,8-9H,1-3,6-7,10H2. The third kappa shape index (κ3) is 3.39. The van der Waals surface area contributed by atoms with Crippen LogP contribution in [0.1, 0.15) is 19.3 Å². The maximum atomic E-state index is 13.0. The largest absolute Gasteiger partial charge is 0.341 e. The van der Waals surface area contributed by atoms with Gasteiger partial charge in [0.15, 0.2) is 5.69 Å². The minimum absolute atomic E-state index is 0.0199. The topological polar surface area (TPSA) is 94.2 Å². The molecule has 2 aromatic heterocycles. The molecule has 9 heteroatoms. The molecule has 1 amide bonds. The van der Waals surface area contributed by atoms with E-state index in [0.717, 1.165) is 31.5 Å². The van der Waals surface area contributed by atoms with E-state index in [9.17, 15) is 19.3 Å². The molecule has 3 heterocycles. The number of hydrogen-bond acceptors (Lipinski definition) is 5. The third-order valence-electron chi connectivity index (χ3n) is 3.92. The van der Waals surface area contributed by atoms with Gasteiger partial charge < -0.3 is 4.90 Å². The lowest BCUT2D eigenvalue weighted by molar-refractivity contribution is -0.384. The Balaban J connectivity index is 1.84. The van der Waals surface area contributed by atoms with E-state index >= 15 is 0 Å². The third-order valence-corrected chi connectivity index (χ3v) is 3.92. The first kappa shape index (κ1) is 16.0. The zero-order valence-electron chi connectivity index (χ0n) is 12.9. The number of piperidine rings is 1. The molecule has 24 heavy (non-hydrogen) atoms. The number of halogens is 1. The van der Waals surface area contributed by atoms with Gasteiger partial charge in [-0.2, -0.15) is 5.10 Å². The lowest BCUT2D eigenvalue weighted by Gasteiger charge is -2.26. The van der Waals surface area contributed by atoms with Gasteiger partial charge in [-0.05, 0) is 31.4 Å². The highest BCUT2D eigenvalue weighted by atomic mass is 19.1. The predicted molar refractivity (Wildman–Crippen MR) is 82.5 cm³/mol. The molecule has 0 atom stereocenters. The summed E-state index contributed by atoms with van der Waals surface area (Å²) in [5, 5.41) is 15.3. The molecule has 3 rings (SSSR count). The van der Waals surface area contributed by atoms with E-state index in [1.807, 2.05) is 0 Å². The van der Waals surface area contributed by atoms with Crippen LogP contribution >= 0.6 is 0 Å². The van der Waals surface area contributed by atoms with Crippen LogP contribution in [0.2, 0.25) is 0 Å². The molecule has 0 radical (unpaired) electrons. The van der Waals surface area contributed by atoms with Crippen LogP contribution in [0.4, 0.5) is 10.1 Å². The maximum absolute atomic E-state index is 13.0. The summed E-state index contributed by atoms with van der Waals surface area (Å²) in [6.07, 6.45) is 5.22. The Morgan fingerprint density at radius 1 is 1.29 bits per heavy atom. The molecule has 0 N–H and O–H groups in total. The quantitative estimate of drug-likeness (QED) is 0.630. The number of nitrogens with zero attached hydrogens (tertiary/aromatic N) is 5. The number of aromatic nitrogens is 3. The molecule has 0 spiro atoms. The second-order valence-corrected chi connectivity index (χ2v) is 5.62. The van der Waals surface area contributed by atoms with Gasteiger partial charge in [-0.1, -0.05) is 0 Å². The number of rotatable bonds is 4. The summed E-state index contributed by atoms with van der Waals surface area (Å²) in [6.45, 7) is 1.34. The molecule has 1 aliphatic heterocycles. The van der Waals surface area contributed by atoms with Crippen molar-refractivity contribution in [3.8, 4) is 11.4 Å². The second-order valence-electron chi connectivity index (χ2n) is 5.62. The molecular formula is C15H16FN5O3. The molecule has 0 aromatic carbocycles. The summed E-state index contributed by atoms with van der Waals surface area (Å²) in [4.78, 5) is 28.5. The van der Waals surface area contributed by atoms with E-state index < -0.39 is 10.7 Å². The van der Waals surface area contributed by atoms with Crippen molar-refractivity contribution in [1.82, 2.24) is 19.7 Å². The zero-order valence-corrected chi connectivity index (χ0v) is 12.9. The summed E-state index contributed by atoms with van der Waals surface area (Å²) >= 11 is 0. The molecule has 0 saturated carbocycles. The zero-order chi connectivity index (χ0) is 17.1. The van der Waals surface area contributed by atoms with Gasteiger partial charge in [0.1, 0.15) is 18.6 Å². The van der Waals surface area contributed by atoms with Gasteiger partial charge in [0, 0.05) is 13.1 Å². The van der Waals surface area contributed by atoms with Gasteiger partial charge >= 0.3 is 5.69 Å². The number of carbonyl (C=O) groups excluding carboxylic acids is 1.